The number of aliphatic carboxylic acids is 1. The number of ether oxygens (including phenoxy) is 4. The topological polar surface area (TPSA) is 74.2 Å². The van der Waals surface area contributed by atoms with E-state index in [9.17, 15) is 9.90 Å². The Kier molecular flexibility index (Phi) is 5.49. The van der Waals surface area contributed by atoms with Crippen LogP contribution >= 0.6 is 0 Å². The lowest BCUT2D eigenvalue weighted by molar-refractivity contribution is -0.149. The third kappa shape index (κ3) is 4.16. The van der Waals surface area contributed by atoms with Gasteiger partial charge in [-0.2, -0.15) is 0 Å². The summed E-state index contributed by atoms with van der Waals surface area (Å²) in [7, 11) is 0. The van der Waals surface area contributed by atoms with Crippen molar-refractivity contribution in [3.8, 4) is 11.5 Å². The zero-order valence-corrected chi connectivity index (χ0v) is 17.8. The molecule has 2 aliphatic heterocycles. The zero-order valence-electron chi connectivity index (χ0n) is 17.8. The maximum absolute atomic E-state index is 11.2. The molecule has 3 aromatic rings. The molecule has 166 valence electrons. The third-order valence-corrected chi connectivity index (χ3v) is 6.34. The van der Waals surface area contributed by atoms with E-state index in [1.807, 2.05) is 42.5 Å². The number of carboxylic acid groups (broad SMARTS) is 1. The van der Waals surface area contributed by atoms with Gasteiger partial charge in [-0.05, 0) is 40.6 Å². The molecule has 0 amide bonds. The molecule has 6 nitrogen and oxygen atoms in total. The fourth-order valence-electron chi connectivity index (χ4n) is 4.24. The molecular weight excluding hydrogens is 408 g/mol. The molecule has 0 radical (unpaired) electrons. The van der Waals surface area contributed by atoms with E-state index in [0.29, 0.717) is 39.6 Å². The van der Waals surface area contributed by atoms with E-state index < -0.39 is 11.4 Å². The van der Waals surface area contributed by atoms with E-state index in [0.717, 1.165) is 22.4 Å². The first-order chi connectivity index (χ1) is 15.6. The molecule has 2 fully saturated rings. The molecule has 6 heteroatoms. The quantitative estimate of drug-likeness (QED) is 0.548. The normalized spacial score (nSPS) is 18.4. The highest BCUT2D eigenvalue weighted by molar-refractivity contribution is 5.83. The second-order valence-electron chi connectivity index (χ2n) is 8.95. The van der Waals surface area contributed by atoms with Gasteiger partial charge >= 0.3 is 5.97 Å². The Morgan fingerprint density at radius 1 is 0.812 bits per heavy atom. The van der Waals surface area contributed by atoms with Gasteiger partial charge < -0.3 is 24.1 Å². The van der Waals surface area contributed by atoms with Gasteiger partial charge in [-0.15, -0.1) is 0 Å². The van der Waals surface area contributed by atoms with Gasteiger partial charge in [0.1, 0.15) is 24.7 Å². The largest absolute Gasteiger partial charge is 0.493 e. The Morgan fingerprint density at radius 2 is 1.44 bits per heavy atom. The summed E-state index contributed by atoms with van der Waals surface area (Å²) >= 11 is 0. The zero-order chi connectivity index (χ0) is 22.0. The minimum Gasteiger partial charge on any atom is -0.493 e. The molecule has 32 heavy (non-hydrogen) atoms. The van der Waals surface area contributed by atoms with Crippen molar-refractivity contribution >= 4 is 16.7 Å². The molecule has 5 rings (SSSR count). The lowest BCUT2D eigenvalue weighted by Gasteiger charge is -2.41. The molecular formula is C26H26O6. The highest BCUT2D eigenvalue weighted by Crippen LogP contribution is 2.37. The van der Waals surface area contributed by atoms with Crippen LogP contribution in [0.5, 0.6) is 11.5 Å². The first kappa shape index (κ1) is 20.8. The second-order valence-corrected chi connectivity index (χ2v) is 8.95. The third-order valence-electron chi connectivity index (χ3n) is 6.34. The van der Waals surface area contributed by atoms with E-state index >= 15 is 0 Å². The number of rotatable bonds is 9. The summed E-state index contributed by atoms with van der Waals surface area (Å²) in [6.45, 7) is 3.07. The van der Waals surface area contributed by atoms with Crippen LogP contribution in [0.4, 0.5) is 0 Å². The predicted octanol–water partition coefficient (Wildman–Crippen LogP) is 4.06. The van der Waals surface area contributed by atoms with Crippen LogP contribution in [-0.2, 0) is 19.7 Å². The summed E-state index contributed by atoms with van der Waals surface area (Å²) in [6.07, 6.45) is 0.0692. The molecule has 0 unspecified atom stereocenters. The van der Waals surface area contributed by atoms with Crippen molar-refractivity contribution in [2.45, 2.75) is 11.8 Å². The molecule has 0 aromatic heterocycles. The summed E-state index contributed by atoms with van der Waals surface area (Å²) in [5, 5.41) is 11.6. The van der Waals surface area contributed by atoms with Crippen LogP contribution in [-0.4, -0.2) is 50.7 Å². The van der Waals surface area contributed by atoms with Gasteiger partial charge in [0, 0.05) is 0 Å². The molecule has 3 aromatic carbocycles. The maximum atomic E-state index is 11.2. The first-order valence-corrected chi connectivity index (χ1v) is 10.8. The average molecular weight is 434 g/mol. The standard InChI is InChI=1S/C26H26O6/c27-24(28)12-26(17-30-18-26)21-6-9-22(10-7-21)31-15-25(13-29-14-25)16-32-23-8-5-19-3-1-2-4-20(19)11-23/h1-11H,12-18H2,(H,27,28). The maximum Gasteiger partial charge on any atom is 0.304 e. The lowest BCUT2D eigenvalue weighted by Crippen LogP contribution is -2.51. The highest BCUT2D eigenvalue weighted by atomic mass is 16.5. The Hall–Kier alpha value is -3.09. The first-order valence-electron chi connectivity index (χ1n) is 10.8. The van der Waals surface area contributed by atoms with Crippen LogP contribution in [0, 0.1) is 5.41 Å². The van der Waals surface area contributed by atoms with E-state index in [1.54, 1.807) is 0 Å². The Balaban J connectivity index is 1.20. The van der Waals surface area contributed by atoms with Crippen molar-refractivity contribution in [3.63, 3.8) is 0 Å². The molecule has 1 N–H and O–H groups in total. The molecule has 2 aliphatic rings. The van der Waals surface area contributed by atoms with E-state index in [2.05, 4.69) is 24.3 Å². The lowest BCUT2D eigenvalue weighted by atomic mass is 9.76. The molecule has 0 atom stereocenters. The van der Waals surface area contributed by atoms with Gasteiger partial charge in [-0.1, -0.05) is 42.5 Å². The van der Waals surface area contributed by atoms with Gasteiger partial charge in [0.15, 0.2) is 0 Å². The van der Waals surface area contributed by atoms with E-state index in [-0.39, 0.29) is 11.8 Å². The Labute approximate surface area is 186 Å². The molecule has 0 bridgehead atoms. The van der Waals surface area contributed by atoms with Crippen LogP contribution in [0.15, 0.2) is 66.7 Å². The summed E-state index contributed by atoms with van der Waals surface area (Å²) in [4.78, 5) is 11.2. The summed E-state index contributed by atoms with van der Waals surface area (Å²) in [6, 6.07) is 22.0. The second kappa shape index (κ2) is 8.45. The predicted molar refractivity (Wildman–Crippen MR) is 119 cm³/mol. The van der Waals surface area contributed by atoms with Gasteiger partial charge in [0.05, 0.1) is 43.7 Å². The fraction of sp³-hybridized carbons (Fsp3) is 0.346. The molecule has 0 aliphatic carbocycles. The average Bonchev–Trinajstić information content (AvgIpc) is 2.75. The van der Waals surface area contributed by atoms with Gasteiger partial charge in [0.25, 0.3) is 0 Å². The molecule has 2 saturated heterocycles. The van der Waals surface area contributed by atoms with Crippen LogP contribution < -0.4 is 9.47 Å². The van der Waals surface area contributed by atoms with E-state index in [4.69, 9.17) is 18.9 Å². The SMILES string of the molecule is O=C(O)CC1(c2ccc(OCC3(COc4ccc5ccccc5c4)COC3)cc2)COC1. The smallest absolute Gasteiger partial charge is 0.304 e. The number of carboxylic acids is 1. The monoisotopic (exact) mass is 434 g/mol. The summed E-state index contributed by atoms with van der Waals surface area (Å²) in [5.41, 5.74) is 0.359. The van der Waals surface area contributed by atoms with Crippen LogP contribution in [0.1, 0.15) is 12.0 Å². The van der Waals surface area contributed by atoms with E-state index in [1.165, 1.54) is 5.39 Å². The fourth-order valence-corrected chi connectivity index (χ4v) is 4.24. The number of hydrogen-bond donors (Lipinski definition) is 1. The highest BCUT2D eigenvalue weighted by Gasteiger charge is 2.43. The minimum atomic E-state index is -0.813. The number of hydrogen-bond acceptors (Lipinski definition) is 5. The van der Waals surface area contributed by atoms with Crippen molar-refractivity contribution < 1.29 is 28.8 Å². The van der Waals surface area contributed by atoms with Crippen LogP contribution in [0.3, 0.4) is 0 Å². The molecule has 2 heterocycles. The minimum absolute atomic E-state index is 0.0692. The number of fused-ring (bicyclic) bond motifs is 1. The molecule has 0 spiro atoms. The van der Waals surface area contributed by atoms with Crippen molar-refractivity contribution in [2.24, 2.45) is 5.41 Å². The Morgan fingerprint density at radius 3 is 2.03 bits per heavy atom. The van der Waals surface area contributed by atoms with Gasteiger partial charge in [-0.25, -0.2) is 0 Å². The van der Waals surface area contributed by atoms with Crippen LogP contribution in [0.25, 0.3) is 10.8 Å². The van der Waals surface area contributed by atoms with Crippen molar-refractivity contribution in [3.05, 3.63) is 72.3 Å². The van der Waals surface area contributed by atoms with Crippen molar-refractivity contribution in [1.29, 1.82) is 0 Å². The van der Waals surface area contributed by atoms with Gasteiger partial charge in [0.2, 0.25) is 0 Å². The summed E-state index contributed by atoms with van der Waals surface area (Å²) < 4.78 is 22.9. The van der Waals surface area contributed by atoms with Crippen LogP contribution in [0.2, 0.25) is 0 Å². The molecule has 0 saturated carbocycles. The van der Waals surface area contributed by atoms with Crippen molar-refractivity contribution in [2.75, 3.05) is 39.6 Å². The Bertz CT molecular complexity index is 1100. The van der Waals surface area contributed by atoms with Crippen molar-refractivity contribution in [1.82, 2.24) is 0 Å². The number of benzene rings is 3. The van der Waals surface area contributed by atoms with Gasteiger partial charge in [-0.3, -0.25) is 4.79 Å². The number of carbonyl (C=O) groups is 1. The summed E-state index contributed by atoms with van der Waals surface area (Å²) in [5.74, 6) is 0.772.